The maximum atomic E-state index is 5.73. The molecule has 2 N–H and O–H groups in total. The molecule has 0 spiro atoms. The average Bonchev–Trinajstić information content (AvgIpc) is 2.81. The van der Waals surface area contributed by atoms with Crippen molar-refractivity contribution in [2.45, 2.75) is 0 Å². The first-order valence-electron chi connectivity index (χ1n) is 5.13. The van der Waals surface area contributed by atoms with Gasteiger partial charge in [-0.15, -0.1) is 0 Å². The molecule has 0 amide bonds. The largest absolute Gasteiger partial charge is 0.358 e. The molecule has 3 aromatic heterocycles. The lowest BCUT2D eigenvalue weighted by Crippen LogP contribution is -1.94. The number of nitrogens with one attached hydrogen (secondary N) is 2. The third kappa shape index (κ3) is 1.94. The van der Waals surface area contributed by atoms with Gasteiger partial charge in [0.1, 0.15) is 5.15 Å². The fourth-order valence-electron chi connectivity index (χ4n) is 1.66. The van der Waals surface area contributed by atoms with Crippen molar-refractivity contribution in [1.82, 2.24) is 15.0 Å². The molecule has 0 aliphatic heterocycles. The number of anilines is 2. The zero-order valence-corrected chi connectivity index (χ0v) is 9.57. The Labute approximate surface area is 103 Å². The second-order valence-corrected chi connectivity index (χ2v) is 3.98. The normalized spacial score (nSPS) is 10.6. The molecule has 84 valence electrons. The van der Waals surface area contributed by atoms with Crippen LogP contribution in [0.5, 0.6) is 0 Å². The van der Waals surface area contributed by atoms with Crippen molar-refractivity contribution in [3.63, 3.8) is 0 Å². The Bertz CT molecular complexity index is 645. The van der Waals surface area contributed by atoms with Crippen LogP contribution in [-0.2, 0) is 0 Å². The molecule has 0 atom stereocenters. The highest BCUT2D eigenvalue weighted by Gasteiger charge is 2.03. The first-order valence-corrected chi connectivity index (χ1v) is 5.51. The van der Waals surface area contributed by atoms with Gasteiger partial charge in [-0.3, -0.25) is 0 Å². The van der Waals surface area contributed by atoms with E-state index in [1.165, 1.54) is 0 Å². The van der Waals surface area contributed by atoms with E-state index >= 15 is 0 Å². The Morgan fingerprint density at radius 3 is 2.88 bits per heavy atom. The van der Waals surface area contributed by atoms with Crippen molar-refractivity contribution < 1.29 is 0 Å². The summed E-state index contributed by atoms with van der Waals surface area (Å²) in [7, 11) is 0. The zero-order chi connectivity index (χ0) is 11.7. The van der Waals surface area contributed by atoms with Gasteiger partial charge in [-0.05, 0) is 24.3 Å². The minimum atomic E-state index is 0.474. The second kappa shape index (κ2) is 4.07. The van der Waals surface area contributed by atoms with E-state index < -0.39 is 0 Å². The molecule has 0 bridgehead atoms. The standard InChI is InChI=1S/C12H9ClN4/c13-10-2-1-9(7-16-10)17-12-11-8(3-5-14-11)4-6-15-12/h1-7,14H,(H,15,17). The van der Waals surface area contributed by atoms with Crippen molar-refractivity contribution >= 4 is 34.0 Å². The number of aromatic nitrogens is 3. The molecule has 0 saturated carbocycles. The topological polar surface area (TPSA) is 53.6 Å². The van der Waals surface area contributed by atoms with E-state index in [-0.39, 0.29) is 0 Å². The zero-order valence-electron chi connectivity index (χ0n) is 8.81. The molecule has 0 aromatic carbocycles. The van der Waals surface area contributed by atoms with Crippen LogP contribution in [0.15, 0.2) is 42.9 Å². The Balaban J connectivity index is 1.99. The van der Waals surface area contributed by atoms with Crippen molar-refractivity contribution in [2.75, 3.05) is 5.32 Å². The van der Waals surface area contributed by atoms with E-state index in [4.69, 9.17) is 11.6 Å². The van der Waals surface area contributed by atoms with E-state index in [0.717, 1.165) is 22.4 Å². The fraction of sp³-hybridized carbons (Fsp3) is 0. The Morgan fingerprint density at radius 2 is 2.06 bits per heavy atom. The number of aromatic amines is 1. The highest BCUT2D eigenvalue weighted by molar-refractivity contribution is 6.29. The van der Waals surface area contributed by atoms with Crippen molar-refractivity contribution in [3.05, 3.63) is 48.0 Å². The summed E-state index contributed by atoms with van der Waals surface area (Å²) in [6, 6.07) is 7.55. The van der Waals surface area contributed by atoms with Crippen LogP contribution >= 0.6 is 11.6 Å². The maximum absolute atomic E-state index is 5.73. The van der Waals surface area contributed by atoms with E-state index in [9.17, 15) is 0 Å². The van der Waals surface area contributed by atoms with Crippen molar-refractivity contribution in [2.24, 2.45) is 0 Å². The molecule has 0 unspecified atom stereocenters. The summed E-state index contributed by atoms with van der Waals surface area (Å²) in [6.45, 7) is 0. The maximum Gasteiger partial charge on any atom is 0.154 e. The molecule has 0 aliphatic rings. The van der Waals surface area contributed by atoms with Crippen LogP contribution in [0.2, 0.25) is 5.15 Å². The number of fused-ring (bicyclic) bond motifs is 1. The van der Waals surface area contributed by atoms with E-state index in [1.54, 1.807) is 18.5 Å². The molecule has 3 aromatic rings. The molecule has 0 saturated heterocycles. The highest BCUT2D eigenvalue weighted by atomic mass is 35.5. The quantitative estimate of drug-likeness (QED) is 0.680. The lowest BCUT2D eigenvalue weighted by molar-refractivity contribution is 1.28. The number of rotatable bonds is 2. The minimum Gasteiger partial charge on any atom is -0.358 e. The van der Waals surface area contributed by atoms with Gasteiger partial charge in [0, 0.05) is 17.8 Å². The van der Waals surface area contributed by atoms with Gasteiger partial charge in [0.2, 0.25) is 0 Å². The lowest BCUT2D eigenvalue weighted by Gasteiger charge is -2.05. The number of pyridine rings is 2. The molecule has 0 radical (unpaired) electrons. The predicted octanol–water partition coefficient (Wildman–Crippen LogP) is 3.35. The van der Waals surface area contributed by atoms with Crippen molar-refractivity contribution in [3.8, 4) is 0 Å². The number of hydrogen-bond donors (Lipinski definition) is 2. The van der Waals surface area contributed by atoms with Crippen LogP contribution in [0.3, 0.4) is 0 Å². The van der Waals surface area contributed by atoms with Crippen LogP contribution in [0.1, 0.15) is 0 Å². The summed E-state index contributed by atoms with van der Waals surface area (Å²) in [6.07, 6.45) is 5.32. The predicted molar refractivity (Wildman–Crippen MR) is 68.6 cm³/mol. The van der Waals surface area contributed by atoms with Gasteiger partial charge in [-0.1, -0.05) is 11.6 Å². The summed E-state index contributed by atoms with van der Waals surface area (Å²) in [5.41, 5.74) is 1.83. The number of hydrogen-bond acceptors (Lipinski definition) is 3. The van der Waals surface area contributed by atoms with Gasteiger partial charge in [0.25, 0.3) is 0 Å². The van der Waals surface area contributed by atoms with Crippen LogP contribution < -0.4 is 5.32 Å². The number of H-pyrrole nitrogens is 1. The van der Waals surface area contributed by atoms with Crippen LogP contribution in [0.25, 0.3) is 10.9 Å². The third-order valence-corrected chi connectivity index (χ3v) is 2.69. The fourth-order valence-corrected chi connectivity index (χ4v) is 1.78. The van der Waals surface area contributed by atoms with Crippen molar-refractivity contribution in [1.29, 1.82) is 0 Å². The smallest absolute Gasteiger partial charge is 0.154 e. The molecule has 17 heavy (non-hydrogen) atoms. The summed E-state index contributed by atoms with van der Waals surface area (Å²) in [4.78, 5) is 11.4. The summed E-state index contributed by atoms with van der Waals surface area (Å²) in [5.74, 6) is 0.775. The summed E-state index contributed by atoms with van der Waals surface area (Å²) >= 11 is 5.73. The number of nitrogens with zero attached hydrogens (tertiary/aromatic N) is 2. The molecule has 4 nitrogen and oxygen atoms in total. The van der Waals surface area contributed by atoms with Gasteiger partial charge in [-0.2, -0.15) is 0 Å². The van der Waals surface area contributed by atoms with Crippen LogP contribution in [-0.4, -0.2) is 15.0 Å². The molecule has 3 rings (SSSR count). The molecule has 0 fully saturated rings. The first kappa shape index (κ1) is 10.1. The monoisotopic (exact) mass is 244 g/mol. The van der Waals surface area contributed by atoms with Gasteiger partial charge in [0.15, 0.2) is 5.82 Å². The average molecular weight is 245 g/mol. The second-order valence-electron chi connectivity index (χ2n) is 3.60. The van der Waals surface area contributed by atoms with Gasteiger partial charge < -0.3 is 10.3 Å². The Morgan fingerprint density at radius 1 is 1.12 bits per heavy atom. The first-order chi connectivity index (χ1) is 8.33. The van der Waals surface area contributed by atoms with Crippen LogP contribution in [0, 0.1) is 0 Å². The minimum absolute atomic E-state index is 0.474. The number of halogens is 1. The van der Waals surface area contributed by atoms with Gasteiger partial charge in [0.05, 0.1) is 17.4 Å². The summed E-state index contributed by atoms with van der Waals surface area (Å²) in [5, 5.41) is 4.79. The van der Waals surface area contributed by atoms with Gasteiger partial charge in [-0.25, -0.2) is 9.97 Å². The van der Waals surface area contributed by atoms with E-state index in [2.05, 4.69) is 20.3 Å². The van der Waals surface area contributed by atoms with Gasteiger partial charge >= 0.3 is 0 Å². The molecule has 5 heteroatoms. The summed E-state index contributed by atoms with van der Waals surface area (Å²) < 4.78 is 0. The Kier molecular flexibility index (Phi) is 2.42. The van der Waals surface area contributed by atoms with E-state index in [0.29, 0.717) is 5.15 Å². The lowest BCUT2D eigenvalue weighted by atomic mass is 10.3. The highest BCUT2D eigenvalue weighted by Crippen LogP contribution is 2.22. The molecular weight excluding hydrogens is 236 g/mol. The molecule has 0 aliphatic carbocycles. The Hall–Kier alpha value is -2.07. The SMILES string of the molecule is Clc1ccc(Nc2nccc3cc[nH]c23)cn1. The third-order valence-electron chi connectivity index (χ3n) is 2.46. The molecule has 3 heterocycles. The van der Waals surface area contributed by atoms with E-state index in [1.807, 2.05) is 24.4 Å². The molecular formula is C12H9ClN4. The van der Waals surface area contributed by atoms with Crippen LogP contribution in [0.4, 0.5) is 11.5 Å².